The van der Waals surface area contributed by atoms with Gasteiger partial charge in [0.05, 0.1) is 18.1 Å². The molecule has 2 N–H and O–H groups in total. The van der Waals surface area contributed by atoms with Gasteiger partial charge < -0.3 is 14.8 Å². The van der Waals surface area contributed by atoms with Gasteiger partial charge in [0.15, 0.2) is 0 Å². The average molecular weight is 390 g/mol. The van der Waals surface area contributed by atoms with E-state index in [1.807, 2.05) is 30.3 Å². The molecule has 2 aromatic rings. The monoisotopic (exact) mass is 389 g/mol. The molecule has 152 valence electrons. The maximum Gasteiger partial charge on any atom is 0.0973 e. The van der Waals surface area contributed by atoms with Gasteiger partial charge in [-0.3, -0.25) is 0 Å². The SMILES string of the molecule is CCC1OCCc2c1[nH]c1c2C=C(C(C)C)CC1(C#Cc1ccccc1)CCO. The summed E-state index contributed by atoms with van der Waals surface area (Å²) in [6.45, 7) is 7.56. The number of aliphatic hydroxyl groups excluding tert-OH is 1. The fourth-order valence-electron chi connectivity index (χ4n) is 4.69. The Kier molecular flexibility index (Phi) is 5.67. The number of rotatable bonds is 4. The minimum absolute atomic E-state index is 0.117. The number of allylic oxidation sites excluding steroid dienone is 1. The van der Waals surface area contributed by atoms with Crippen molar-refractivity contribution >= 4 is 6.08 Å². The molecule has 2 heterocycles. The van der Waals surface area contributed by atoms with E-state index in [2.05, 4.69) is 43.7 Å². The smallest absolute Gasteiger partial charge is 0.0973 e. The van der Waals surface area contributed by atoms with E-state index in [1.54, 1.807) is 0 Å². The number of aliphatic hydroxyl groups is 1. The second-order valence-electron chi connectivity index (χ2n) is 8.55. The molecule has 2 unspecified atom stereocenters. The summed E-state index contributed by atoms with van der Waals surface area (Å²) < 4.78 is 6.03. The van der Waals surface area contributed by atoms with Crippen molar-refractivity contribution < 1.29 is 9.84 Å². The van der Waals surface area contributed by atoms with E-state index in [-0.39, 0.29) is 12.7 Å². The van der Waals surface area contributed by atoms with Gasteiger partial charge in [0.25, 0.3) is 0 Å². The van der Waals surface area contributed by atoms with Crippen molar-refractivity contribution in [2.45, 2.75) is 58.0 Å². The zero-order chi connectivity index (χ0) is 20.4. The Balaban J connectivity index is 1.90. The van der Waals surface area contributed by atoms with Gasteiger partial charge in [-0.1, -0.05) is 62.5 Å². The number of hydrogen-bond donors (Lipinski definition) is 2. The van der Waals surface area contributed by atoms with Crippen LogP contribution >= 0.6 is 0 Å². The Morgan fingerprint density at radius 2 is 2.07 bits per heavy atom. The van der Waals surface area contributed by atoms with Crippen LogP contribution in [0.5, 0.6) is 0 Å². The number of H-pyrrole nitrogens is 1. The molecule has 1 aliphatic carbocycles. The van der Waals surface area contributed by atoms with Gasteiger partial charge in [-0.25, -0.2) is 0 Å². The molecule has 1 aromatic heterocycles. The van der Waals surface area contributed by atoms with Gasteiger partial charge in [0.2, 0.25) is 0 Å². The van der Waals surface area contributed by atoms with Crippen molar-refractivity contribution in [3.63, 3.8) is 0 Å². The highest BCUT2D eigenvalue weighted by molar-refractivity contribution is 5.69. The predicted octanol–water partition coefficient (Wildman–Crippen LogP) is 5.15. The summed E-state index contributed by atoms with van der Waals surface area (Å²) in [7, 11) is 0. The summed E-state index contributed by atoms with van der Waals surface area (Å²) in [5.41, 5.74) is 7.10. The van der Waals surface area contributed by atoms with Gasteiger partial charge in [-0.15, -0.1) is 0 Å². The van der Waals surface area contributed by atoms with Gasteiger partial charge in [0.1, 0.15) is 0 Å². The van der Waals surface area contributed by atoms with Crippen LogP contribution in [0.15, 0.2) is 35.9 Å². The van der Waals surface area contributed by atoms with E-state index in [9.17, 15) is 5.11 Å². The van der Waals surface area contributed by atoms with Gasteiger partial charge in [-0.2, -0.15) is 0 Å². The van der Waals surface area contributed by atoms with E-state index in [0.717, 1.165) is 31.4 Å². The molecular formula is C26H31NO2. The van der Waals surface area contributed by atoms with Gasteiger partial charge in [0, 0.05) is 29.1 Å². The molecule has 0 saturated carbocycles. The van der Waals surface area contributed by atoms with Crippen LogP contribution in [-0.4, -0.2) is 23.3 Å². The second kappa shape index (κ2) is 8.22. The molecule has 3 nitrogen and oxygen atoms in total. The molecular weight excluding hydrogens is 358 g/mol. The second-order valence-corrected chi connectivity index (χ2v) is 8.55. The van der Waals surface area contributed by atoms with Crippen molar-refractivity contribution in [3.05, 3.63) is 64.0 Å². The number of nitrogens with one attached hydrogen (secondary N) is 1. The predicted molar refractivity (Wildman–Crippen MR) is 118 cm³/mol. The van der Waals surface area contributed by atoms with E-state index < -0.39 is 5.41 Å². The lowest BCUT2D eigenvalue weighted by Crippen LogP contribution is -2.31. The number of ether oxygens (including phenoxy) is 1. The fraction of sp³-hybridized carbons (Fsp3) is 0.462. The maximum atomic E-state index is 10.0. The summed E-state index contributed by atoms with van der Waals surface area (Å²) >= 11 is 0. The summed E-state index contributed by atoms with van der Waals surface area (Å²) in [5, 5.41) is 10.0. The number of aromatic nitrogens is 1. The first-order valence-electron chi connectivity index (χ1n) is 10.8. The quantitative estimate of drug-likeness (QED) is 0.710. The summed E-state index contributed by atoms with van der Waals surface area (Å²) in [6, 6.07) is 10.1. The molecule has 2 aliphatic rings. The lowest BCUT2D eigenvalue weighted by Gasteiger charge is -2.34. The highest BCUT2D eigenvalue weighted by Crippen LogP contribution is 2.47. The van der Waals surface area contributed by atoms with Gasteiger partial charge >= 0.3 is 0 Å². The van der Waals surface area contributed by atoms with Crippen molar-refractivity contribution in [1.29, 1.82) is 0 Å². The van der Waals surface area contributed by atoms with Crippen molar-refractivity contribution in [1.82, 2.24) is 4.98 Å². The molecule has 29 heavy (non-hydrogen) atoms. The molecule has 2 atom stereocenters. The van der Waals surface area contributed by atoms with Crippen molar-refractivity contribution in [2.24, 2.45) is 5.92 Å². The molecule has 0 spiro atoms. The van der Waals surface area contributed by atoms with E-state index >= 15 is 0 Å². The van der Waals surface area contributed by atoms with Crippen LogP contribution in [0.2, 0.25) is 0 Å². The van der Waals surface area contributed by atoms with Crippen LogP contribution in [0.25, 0.3) is 6.08 Å². The zero-order valence-electron chi connectivity index (χ0n) is 17.7. The van der Waals surface area contributed by atoms with Crippen molar-refractivity contribution in [3.8, 4) is 11.8 Å². The maximum absolute atomic E-state index is 10.0. The molecule has 0 fully saturated rings. The van der Waals surface area contributed by atoms with E-state index in [4.69, 9.17) is 4.74 Å². The molecule has 1 aromatic carbocycles. The Hall–Kier alpha value is -2.28. The Labute approximate surface area is 174 Å². The van der Waals surface area contributed by atoms with E-state index in [0.29, 0.717) is 12.3 Å². The highest BCUT2D eigenvalue weighted by Gasteiger charge is 2.41. The van der Waals surface area contributed by atoms with Crippen LogP contribution in [0, 0.1) is 17.8 Å². The molecule has 0 bridgehead atoms. The summed E-state index contributed by atoms with van der Waals surface area (Å²) in [5.74, 6) is 7.47. The lowest BCUT2D eigenvalue weighted by atomic mass is 9.69. The normalized spacial score (nSPS) is 23.1. The van der Waals surface area contributed by atoms with Crippen LogP contribution in [0.3, 0.4) is 0 Å². The van der Waals surface area contributed by atoms with Crippen LogP contribution in [-0.2, 0) is 16.6 Å². The van der Waals surface area contributed by atoms with Crippen molar-refractivity contribution in [2.75, 3.05) is 13.2 Å². The number of hydrogen-bond acceptors (Lipinski definition) is 2. The first-order valence-corrected chi connectivity index (χ1v) is 10.8. The Morgan fingerprint density at radius 1 is 1.28 bits per heavy atom. The number of aromatic amines is 1. The molecule has 3 heteroatoms. The lowest BCUT2D eigenvalue weighted by molar-refractivity contribution is 0.0372. The summed E-state index contributed by atoms with van der Waals surface area (Å²) in [6.07, 6.45) is 5.87. The van der Waals surface area contributed by atoms with E-state index in [1.165, 1.54) is 28.1 Å². The third-order valence-corrected chi connectivity index (χ3v) is 6.36. The minimum atomic E-state index is -0.399. The molecule has 0 amide bonds. The highest BCUT2D eigenvalue weighted by atomic mass is 16.5. The molecule has 0 saturated heterocycles. The third kappa shape index (κ3) is 3.68. The summed E-state index contributed by atoms with van der Waals surface area (Å²) in [4.78, 5) is 3.74. The number of benzene rings is 1. The zero-order valence-corrected chi connectivity index (χ0v) is 17.7. The number of fused-ring (bicyclic) bond motifs is 3. The molecule has 4 rings (SSSR count). The largest absolute Gasteiger partial charge is 0.396 e. The Morgan fingerprint density at radius 3 is 2.76 bits per heavy atom. The average Bonchev–Trinajstić information content (AvgIpc) is 3.13. The van der Waals surface area contributed by atoms with Crippen LogP contribution < -0.4 is 0 Å². The standard InChI is InChI=1S/C26H31NO2/c1-4-23-24-21(11-15-29-23)22-16-20(18(2)3)17-26(13-14-28,25(22)27-24)12-10-19-8-6-5-7-9-19/h5-9,16,18,23,27-28H,4,11,13-15,17H2,1-3H3. The minimum Gasteiger partial charge on any atom is -0.396 e. The topological polar surface area (TPSA) is 45.2 Å². The van der Waals surface area contributed by atoms with Crippen LogP contribution in [0.1, 0.15) is 74.2 Å². The third-order valence-electron chi connectivity index (χ3n) is 6.36. The first-order chi connectivity index (χ1) is 14.1. The first kappa shape index (κ1) is 20.0. The molecule has 0 radical (unpaired) electrons. The Bertz CT molecular complexity index is 958. The van der Waals surface area contributed by atoms with Gasteiger partial charge in [-0.05, 0) is 49.3 Å². The van der Waals surface area contributed by atoms with Crippen LogP contribution in [0.4, 0.5) is 0 Å². The fourth-order valence-corrected chi connectivity index (χ4v) is 4.69. The molecule has 1 aliphatic heterocycles.